The van der Waals surface area contributed by atoms with Gasteiger partial charge in [0.1, 0.15) is 0 Å². The summed E-state index contributed by atoms with van der Waals surface area (Å²) in [5, 5.41) is 8.83. The van der Waals surface area contributed by atoms with Crippen LogP contribution in [0.2, 0.25) is 0 Å². The summed E-state index contributed by atoms with van der Waals surface area (Å²) in [5.74, 6) is -0.866. The van der Waals surface area contributed by atoms with E-state index in [1.807, 2.05) is 0 Å². The molecule has 4 atom stereocenters. The van der Waals surface area contributed by atoms with Crippen molar-refractivity contribution in [2.75, 3.05) is 13.7 Å². The first-order chi connectivity index (χ1) is 8.69. The molecule has 0 aromatic heterocycles. The number of hydrogen-bond donors (Lipinski definition) is 1. The van der Waals surface area contributed by atoms with Crippen molar-refractivity contribution in [2.24, 2.45) is 0 Å². The first-order valence-corrected chi connectivity index (χ1v) is 6.71. The third kappa shape index (κ3) is 3.67. The lowest BCUT2D eigenvalue weighted by atomic mass is 9.95. The van der Waals surface area contributed by atoms with Gasteiger partial charge in [0.2, 0.25) is 0 Å². The zero-order valence-corrected chi connectivity index (χ0v) is 10.8. The van der Waals surface area contributed by atoms with E-state index in [0.717, 1.165) is 32.1 Å². The third-order valence-electron chi connectivity index (χ3n) is 3.81. The lowest BCUT2D eigenvalue weighted by Crippen LogP contribution is -2.30. The maximum atomic E-state index is 10.8. The highest BCUT2D eigenvalue weighted by atomic mass is 16.6. The molecule has 5 heteroatoms. The minimum Gasteiger partial charge on any atom is -0.479 e. The highest BCUT2D eigenvalue weighted by Crippen LogP contribution is 2.25. The molecule has 1 aliphatic heterocycles. The van der Waals surface area contributed by atoms with Gasteiger partial charge in [0.05, 0.1) is 24.9 Å². The Morgan fingerprint density at radius 2 is 2.06 bits per heavy atom. The molecule has 1 aliphatic carbocycles. The Hall–Kier alpha value is -0.650. The van der Waals surface area contributed by atoms with Gasteiger partial charge in [-0.05, 0) is 38.5 Å². The predicted molar refractivity (Wildman–Crippen MR) is 64.5 cm³/mol. The number of carboxylic acid groups (broad SMARTS) is 1. The molecule has 1 heterocycles. The van der Waals surface area contributed by atoms with E-state index in [4.69, 9.17) is 19.3 Å². The number of ether oxygens (including phenoxy) is 3. The van der Waals surface area contributed by atoms with Crippen LogP contribution < -0.4 is 0 Å². The Labute approximate surface area is 107 Å². The largest absolute Gasteiger partial charge is 0.479 e. The summed E-state index contributed by atoms with van der Waals surface area (Å²) in [6.45, 7) is 0.505. The molecule has 2 fully saturated rings. The Morgan fingerprint density at radius 1 is 1.28 bits per heavy atom. The average molecular weight is 258 g/mol. The molecule has 5 nitrogen and oxygen atoms in total. The maximum absolute atomic E-state index is 10.8. The Bertz CT molecular complexity index is 281. The summed E-state index contributed by atoms with van der Waals surface area (Å²) in [6, 6.07) is 0. The molecular weight excluding hydrogens is 236 g/mol. The molecule has 0 radical (unpaired) electrons. The van der Waals surface area contributed by atoms with E-state index < -0.39 is 12.1 Å². The van der Waals surface area contributed by atoms with Gasteiger partial charge in [-0.3, -0.25) is 0 Å². The van der Waals surface area contributed by atoms with Crippen LogP contribution >= 0.6 is 0 Å². The number of hydrogen-bond acceptors (Lipinski definition) is 4. The van der Waals surface area contributed by atoms with E-state index in [1.165, 1.54) is 0 Å². The van der Waals surface area contributed by atoms with Crippen molar-refractivity contribution in [3.63, 3.8) is 0 Å². The van der Waals surface area contributed by atoms with Crippen molar-refractivity contribution >= 4 is 5.97 Å². The van der Waals surface area contributed by atoms with Gasteiger partial charge in [0.15, 0.2) is 6.10 Å². The first kappa shape index (κ1) is 13.8. The second kappa shape index (κ2) is 6.50. The zero-order valence-electron chi connectivity index (χ0n) is 10.8. The van der Waals surface area contributed by atoms with E-state index in [2.05, 4.69) is 0 Å². The minimum atomic E-state index is -0.866. The molecule has 2 rings (SSSR count). The summed E-state index contributed by atoms with van der Waals surface area (Å²) >= 11 is 0. The summed E-state index contributed by atoms with van der Waals surface area (Å²) < 4.78 is 16.6. The Kier molecular flexibility index (Phi) is 4.97. The van der Waals surface area contributed by atoms with E-state index in [-0.39, 0.29) is 12.2 Å². The van der Waals surface area contributed by atoms with E-state index in [0.29, 0.717) is 19.1 Å². The van der Waals surface area contributed by atoms with E-state index in [1.54, 1.807) is 7.11 Å². The van der Waals surface area contributed by atoms with Gasteiger partial charge in [0, 0.05) is 7.11 Å². The fourth-order valence-electron chi connectivity index (χ4n) is 2.72. The van der Waals surface area contributed by atoms with Crippen molar-refractivity contribution in [3.05, 3.63) is 0 Å². The third-order valence-corrected chi connectivity index (χ3v) is 3.81. The number of carboxylic acids is 1. The highest BCUT2D eigenvalue weighted by Gasteiger charge is 2.31. The van der Waals surface area contributed by atoms with Crippen LogP contribution in [0.25, 0.3) is 0 Å². The van der Waals surface area contributed by atoms with Gasteiger partial charge in [0.25, 0.3) is 0 Å². The van der Waals surface area contributed by atoms with Gasteiger partial charge < -0.3 is 19.3 Å². The second-order valence-corrected chi connectivity index (χ2v) is 5.14. The van der Waals surface area contributed by atoms with Gasteiger partial charge in [-0.1, -0.05) is 0 Å². The summed E-state index contributed by atoms with van der Waals surface area (Å²) in [5.41, 5.74) is 0. The fourth-order valence-corrected chi connectivity index (χ4v) is 2.72. The van der Waals surface area contributed by atoms with Crippen LogP contribution in [-0.2, 0) is 19.0 Å². The average Bonchev–Trinajstić information content (AvgIpc) is 2.85. The number of methoxy groups -OCH3 is 1. The first-order valence-electron chi connectivity index (χ1n) is 6.71. The second-order valence-electron chi connectivity index (χ2n) is 5.14. The minimum absolute atomic E-state index is 0.0611. The molecule has 0 spiro atoms. The molecule has 1 saturated carbocycles. The van der Waals surface area contributed by atoms with Gasteiger partial charge >= 0.3 is 5.97 Å². The molecule has 0 aromatic rings. The van der Waals surface area contributed by atoms with E-state index >= 15 is 0 Å². The molecule has 0 amide bonds. The van der Waals surface area contributed by atoms with Crippen LogP contribution in [0.4, 0.5) is 0 Å². The van der Waals surface area contributed by atoms with Gasteiger partial charge in [-0.25, -0.2) is 4.79 Å². The van der Waals surface area contributed by atoms with Crippen LogP contribution in [0.3, 0.4) is 0 Å². The number of carbonyl (C=O) groups is 1. The SMILES string of the molecule is COC1CCCC(OCC2CCC(C(=O)O)O2)C1. The van der Waals surface area contributed by atoms with E-state index in [9.17, 15) is 4.79 Å². The maximum Gasteiger partial charge on any atom is 0.332 e. The molecule has 0 bridgehead atoms. The lowest BCUT2D eigenvalue weighted by molar-refractivity contribution is -0.151. The number of aliphatic carboxylic acids is 1. The monoisotopic (exact) mass is 258 g/mol. The van der Waals surface area contributed by atoms with Crippen molar-refractivity contribution in [3.8, 4) is 0 Å². The molecule has 2 aliphatic rings. The van der Waals surface area contributed by atoms with Gasteiger partial charge in [-0.2, -0.15) is 0 Å². The van der Waals surface area contributed by atoms with Crippen LogP contribution in [0.15, 0.2) is 0 Å². The lowest BCUT2D eigenvalue weighted by Gasteiger charge is -2.29. The standard InChI is InChI=1S/C13H22O5/c1-16-9-3-2-4-10(7-9)17-8-11-5-6-12(18-11)13(14)15/h9-12H,2-8H2,1H3,(H,14,15). The molecule has 0 aromatic carbocycles. The quantitative estimate of drug-likeness (QED) is 0.811. The molecule has 4 unspecified atom stereocenters. The molecule has 104 valence electrons. The van der Waals surface area contributed by atoms with Crippen LogP contribution in [-0.4, -0.2) is 49.2 Å². The van der Waals surface area contributed by atoms with Crippen LogP contribution in [0, 0.1) is 0 Å². The Balaban J connectivity index is 1.67. The normalized spacial score (nSPS) is 36.7. The van der Waals surface area contributed by atoms with Crippen LogP contribution in [0.5, 0.6) is 0 Å². The van der Waals surface area contributed by atoms with Crippen molar-refractivity contribution in [1.29, 1.82) is 0 Å². The smallest absolute Gasteiger partial charge is 0.332 e. The Morgan fingerprint density at radius 3 is 2.72 bits per heavy atom. The van der Waals surface area contributed by atoms with Crippen molar-refractivity contribution in [1.82, 2.24) is 0 Å². The van der Waals surface area contributed by atoms with Crippen LogP contribution in [0.1, 0.15) is 38.5 Å². The summed E-state index contributed by atoms with van der Waals surface area (Å²) in [4.78, 5) is 10.8. The highest BCUT2D eigenvalue weighted by molar-refractivity contribution is 5.72. The number of rotatable bonds is 5. The predicted octanol–water partition coefficient (Wildman–Crippen LogP) is 1.59. The fraction of sp³-hybridized carbons (Fsp3) is 0.923. The molecule has 18 heavy (non-hydrogen) atoms. The summed E-state index contributed by atoms with van der Waals surface area (Å²) in [6.07, 6.45) is 5.44. The van der Waals surface area contributed by atoms with Crippen molar-refractivity contribution < 1.29 is 24.1 Å². The summed E-state index contributed by atoms with van der Waals surface area (Å²) in [7, 11) is 1.74. The molecule has 1 saturated heterocycles. The molecular formula is C13H22O5. The zero-order chi connectivity index (χ0) is 13.0. The molecule has 1 N–H and O–H groups in total. The van der Waals surface area contributed by atoms with Crippen molar-refractivity contribution in [2.45, 2.75) is 62.9 Å². The topological polar surface area (TPSA) is 65.0 Å². The van der Waals surface area contributed by atoms with Gasteiger partial charge in [-0.15, -0.1) is 0 Å².